The summed E-state index contributed by atoms with van der Waals surface area (Å²) >= 11 is 1.14. The number of methoxy groups -OCH3 is 3. The van der Waals surface area contributed by atoms with E-state index < -0.39 is 0 Å². The molecule has 0 radical (unpaired) electrons. The quantitative estimate of drug-likeness (QED) is 0.130. The second kappa shape index (κ2) is 15.0. The monoisotopic (exact) mass is 682 g/mol. The molecule has 5 aromatic rings. The lowest BCUT2D eigenvalue weighted by Crippen LogP contribution is -2.26. The van der Waals surface area contributed by atoms with Gasteiger partial charge in [0.1, 0.15) is 5.75 Å². The van der Waals surface area contributed by atoms with Gasteiger partial charge in [-0.1, -0.05) is 42.1 Å². The van der Waals surface area contributed by atoms with Crippen LogP contribution in [0.15, 0.2) is 88.8 Å². The molecule has 0 fully saturated rings. The summed E-state index contributed by atoms with van der Waals surface area (Å²) in [5, 5.41) is 6.51. The number of rotatable bonds is 13. The zero-order valence-electron chi connectivity index (χ0n) is 27.1. The van der Waals surface area contributed by atoms with E-state index in [1.165, 1.54) is 11.7 Å². The van der Waals surface area contributed by atoms with E-state index in [4.69, 9.17) is 28.7 Å². The van der Waals surface area contributed by atoms with E-state index in [0.717, 1.165) is 22.9 Å². The normalized spacial score (nSPS) is 11.7. The number of anilines is 1. The number of ether oxygens (including phenoxy) is 5. The molecule has 252 valence electrons. The number of hydrogen-bond donors (Lipinski definition) is 2. The lowest BCUT2D eigenvalue weighted by molar-refractivity contribution is -0.113. The fourth-order valence-electron chi connectivity index (χ4n) is 5.31. The van der Waals surface area contributed by atoms with Crippen LogP contribution in [0.25, 0.3) is 10.9 Å². The number of nitrogens with one attached hydrogen (secondary N) is 2. The van der Waals surface area contributed by atoms with Crippen LogP contribution in [-0.4, -0.2) is 61.8 Å². The Hall–Kier alpha value is -5.69. The number of nitrogens with zero attached hydrogens (tertiary/aromatic N) is 2. The topological polar surface area (TPSA) is 139 Å². The van der Waals surface area contributed by atoms with Crippen molar-refractivity contribution in [2.75, 3.05) is 45.7 Å². The van der Waals surface area contributed by atoms with E-state index in [1.807, 2.05) is 24.3 Å². The van der Waals surface area contributed by atoms with Crippen molar-refractivity contribution in [2.24, 2.45) is 0 Å². The summed E-state index contributed by atoms with van der Waals surface area (Å²) < 4.78 is 28.5. The molecular formula is C36H34N4O8S. The Kier molecular flexibility index (Phi) is 10.2. The minimum absolute atomic E-state index is 0.0109. The molecule has 12 nitrogen and oxygen atoms in total. The third kappa shape index (κ3) is 7.57. The molecule has 1 aliphatic heterocycles. The molecule has 0 aliphatic carbocycles. The first-order chi connectivity index (χ1) is 23.9. The van der Waals surface area contributed by atoms with Crippen LogP contribution in [0.5, 0.6) is 28.7 Å². The van der Waals surface area contributed by atoms with Gasteiger partial charge in [-0.25, -0.2) is 4.98 Å². The Bertz CT molecular complexity index is 2070. The molecule has 0 bridgehead atoms. The van der Waals surface area contributed by atoms with Crippen LogP contribution < -0.4 is 39.9 Å². The predicted octanol–water partition coefficient (Wildman–Crippen LogP) is 4.90. The first-order valence-electron chi connectivity index (χ1n) is 15.3. The Balaban J connectivity index is 1.17. The van der Waals surface area contributed by atoms with Crippen LogP contribution in [0.2, 0.25) is 0 Å². The van der Waals surface area contributed by atoms with E-state index in [2.05, 4.69) is 10.6 Å². The zero-order chi connectivity index (χ0) is 34.3. The first kappa shape index (κ1) is 33.2. The van der Waals surface area contributed by atoms with Crippen LogP contribution in [0.4, 0.5) is 5.69 Å². The number of benzene rings is 4. The molecule has 0 unspecified atom stereocenters. The van der Waals surface area contributed by atoms with Gasteiger partial charge in [0.25, 0.3) is 11.5 Å². The maximum atomic E-state index is 13.9. The summed E-state index contributed by atoms with van der Waals surface area (Å²) in [6.45, 7) is 0.645. The fraction of sp³-hybridized carbons (Fsp3) is 0.222. The van der Waals surface area contributed by atoms with Crippen LogP contribution >= 0.6 is 11.8 Å². The van der Waals surface area contributed by atoms with E-state index >= 15 is 0 Å². The average Bonchev–Trinajstić information content (AvgIpc) is 3.59. The highest BCUT2D eigenvalue weighted by atomic mass is 32.2. The highest BCUT2D eigenvalue weighted by Gasteiger charge is 2.20. The van der Waals surface area contributed by atoms with Crippen molar-refractivity contribution in [2.45, 2.75) is 18.1 Å². The van der Waals surface area contributed by atoms with Crippen LogP contribution in [0, 0.1) is 0 Å². The Morgan fingerprint density at radius 1 is 0.857 bits per heavy atom. The summed E-state index contributed by atoms with van der Waals surface area (Å²) in [6.07, 6.45) is 0.611. The molecule has 0 atom stereocenters. The van der Waals surface area contributed by atoms with Crippen molar-refractivity contribution in [1.29, 1.82) is 0 Å². The van der Waals surface area contributed by atoms with Crippen molar-refractivity contribution < 1.29 is 33.3 Å². The first-order valence-corrected chi connectivity index (χ1v) is 16.3. The van der Waals surface area contributed by atoms with Gasteiger partial charge in [0.2, 0.25) is 12.7 Å². The van der Waals surface area contributed by atoms with E-state index in [1.54, 1.807) is 68.8 Å². The van der Waals surface area contributed by atoms with Gasteiger partial charge >= 0.3 is 0 Å². The van der Waals surface area contributed by atoms with E-state index in [0.29, 0.717) is 69.0 Å². The number of hydrogen-bond acceptors (Lipinski definition) is 10. The molecule has 2 heterocycles. The maximum absolute atomic E-state index is 13.9. The van der Waals surface area contributed by atoms with Gasteiger partial charge in [-0.3, -0.25) is 19.0 Å². The van der Waals surface area contributed by atoms with Gasteiger partial charge < -0.3 is 34.3 Å². The molecule has 1 aliphatic rings. The molecular weight excluding hydrogens is 648 g/mol. The summed E-state index contributed by atoms with van der Waals surface area (Å²) in [5.41, 5.74) is 2.92. The van der Waals surface area contributed by atoms with Crippen molar-refractivity contribution in [3.05, 3.63) is 106 Å². The van der Waals surface area contributed by atoms with Gasteiger partial charge in [-0.05, 0) is 60.0 Å². The summed E-state index contributed by atoms with van der Waals surface area (Å²) in [5.74, 6) is 2.26. The van der Waals surface area contributed by atoms with E-state index in [9.17, 15) is 14.4 Å². The number of thioether (sulfide) groups is 1. The third-order valence-electron chi connectivity index (χ3n) is 7.83. The van der Waals surface area contributed by atoms with Gasteiger partial charge in [0, 0.05) is 18.2 Å². The fourth-order valence-corrected chi connectivity index (χ4v) is 6.11. The number of aromatic nitrogens is 2. The number of fused-ring (bicyclic) bond motifs is 2. The van der Waals surface area contributed by atoms with Crippen molar-refractivity contribution in [1.82, 2.24) is 14.9 Å². The van der Waals surface area contributed by atoms with Gasteiger partial charge in [0.15, 0.2) is 28.2 Å². The zero-order valence-corrected chi connectivity index (χ0v) is 27.9. The molecule has 49 heavy (non-hydrogen) atoms. The Labute approximate surface area is 286 Å². The number of carbonyl (C=O) groups excluding carboxylic acids is 2. The van der Waals surface area contributed by atoms with Crippen LogP contribution in [0.1, 0.15) is 21.5 Å². The smallest absolute Gasteiger partial charge is 0.262 e. The molecule has 1 aromatic heterocycles. The minimum atomic E-state index is -0.298. The highest BCUT2D eigenvalue weighted by Crippen LogP contribution is 2.35. The summed E-state index contributed by atoms with van der Waals surface area (Å²) in [4.78, 5) is 44.5. The molecule has 0 saturated carbocycles. The number of amides is 2. The predicted molar refractivity (Wildman–Crippen MR) is 186 cm³/mol. The van der Waals surface area contributed by atoms with Crippen molar-refractivity contribution in [3.63, 3.8) is 0 Å². The number of carbonyl (C=O) groups is 2. The minimum Gasteiger partial charge on any atom is -0.495 e. The summed E-state index contributed by atoms with van der Waals surface area (Å²) in [6, 6.07) is 23.1. The second-order valence-electron chi connectivity index (χ2n) is 10.9. The van der Waals surface area contributed by atoms with Gasteiger partial charge in [0.05, 0.1) is 50.2 Å². The molecule has 2 N–H and O–H groups in total. The largest absolute Gasteiger partial charge is 0.495 e. The van der Waals surface area contributed by atoms with Crippen molar-refractivity contribution >= 4 is 40.2 Å². The molecule has 13 heteroatoms. The van der Waals surface area contributed by atoms with E-state index in [-0.39, 0.29) is 36.5 Å². The van der Waals surface area contributed by atoms with Crippen LogP contribution in [0.3, 0.4) is 0 Å². The number of para-hydroxylation sites is 2. The lowest BCUT2D eigenvalue weighted by atomic mass is 10.1. The van der Waals surface area contributed by atoms with Crippen LogP contribution in [-0.2, 0) is 17.8 Å². The molecule has 0 spiro atoms. The Morgan fingerprint density at radius 2 is 1.57 bits per heavy atom. The molecule has 0 saturated heterocycles. The molecule has 6 rings (SSSR count). The summed E-state index contributed by atoms with van der Waals surface area (Å²) in [7, 11) is 4.70. The standard InChI is InChI=1S/C36H34N4O8S/c1-44-28-7-5-4-6-26(28)38-33(41)20-49-36-39-27-18-32-31(47-21-48-32)17-25(27)35(43)40(36)19-23-8-11-24(12-9-23)34(42)37-15-14-22-10-13-29(45-2)30(16-22)46-3/h4-13,16-18H,14-15,19-21H2,1-3H3,(H,37,42)(H,38,41). The lowest BCUT2D eigenvalue weighted by Gasteiger charge is -2.14. The van der Waals surface area contributed by atoms with Gasteiger partial charge in [-0.15, -0.1) is 0 Å². The molecule has 2 amide bonds. The maximum Gasteiger partial charge on any atom is 0.262 e. The third-order valence-corrected chi connectivity index (χ3v) is 8.81. The Morgan fingerprint density at radius 3 is 2.33 bits per heavy atom. The van der Waals surface area contributed by atoms with Crippen molar-refractivity contribution in [3.8, 4) is 28.7 Å². The highest BCUT2D eigenvalue weighted by molar-refractivity contribution is 7.99. The molecule has 4 aromatic carbocycles. The van der Waals surface area contributed by atoms with Gasteiger partial charge in [-0.2, -0.15) is 0 Å². The SMILES string of the molecule is COc1ccccc1NC(=O)CSc1nc2cc3c(cc2c(=O)n1Cc1ccc(C(=O)NCCc2ccc(OC)c(OC)c2)cc1)OCO3. The second-order valence-corrected chi connectivity index (χ2v) is 11.9. The average molecular weight is 683 g/mol.